The van der Waals surface area contributed by atoms with Crippen LogP contribution in [0.5, 0.6) is 5.75 Å². The highest BCUT2D eigenvalue weighted by Gasteiger charge is 2.23. The maximum atomic E-state index is 11.7. The summed E-state index contributed by atoms with van der Waals surface area (Å²) >= 11 is 5.18. The second-order valence-electron chi connectivity index (χ2n) is 6.09. The lowest BCUT2D eigenvalue weighted by molar-refractivity contribution is 0.502. The summed E-state index contributed by atoms with van der Waals surface area (Å²) in [7, 11) is -3.22. The number of fused-ring (bicyclic) bond motifs is 1. The fourth-order valence-corrected chi connectivity index (χ4v) is 5.01. The molecule has 0 spiro atoms. The number of ether oxygens (including phenoxy) is 1. The van der Waals surface area contributed by atoms with E-state index in [9.17, 15) is 8.42 Å². The van der Waals surface area contributed by atoms with Gasteiger partial charge in [-0.05, 0) is 64.0 Å². The second-order valence-corrected chi connectivity index (χ2v) is 10.6. The van der Waals surface area contributed by atoms with Crippen LogP contribution in [0.25, 0.3) is 11.3 Å². The zero-order valence-corrected chi connectivity index (χ0v) is 17.1. The number of para-hydroxylation sites is 1. The van der Waals surface area contributed by atoms with Gasteiger partial charge in [0.15, 0.2) is 9.84 Å². The molecule has 0 amide bonds. The molecule has 3 aromatic rings. The Morgan fingerprint density at radius 3 is 2.38 bits per heavy atom. The molecule has 0 N–H and O–H groups in total. The maximum absolute atomic E-state index is 11.7. The van der Waals surface area contributed by atoms with E-state index in [1.165, 1.54) is 6.26 Å². The van der Waals surface area contributed by atoms with Crippen LogP contribution in [0.3, 0.4) is 0 Å². The van der Waals surface area contributed by atoms with Gasteiger partial charge in [-0.2, -0.15) is 0 Å². The summed E-state index contributed by atoms with van der Waals surface area (Å²) in [5.41, 5.74) is 3.11. The molecule has 6 heteroatoms. The highest BCUT2D eigenvalue weighted by molar-refractivity contribution is 9.11. The van der Waals surface area contributed by atoms with Crippen molar-refractivity contribution in [1.82, 2.24) is 0 Å². The van der Waals surface area contributed by atoms with Crippen molar-refractivity contribution in [2.45, 2.75) is 11.3 Å². The van der Waals surface area contributed by atoms with E-state index in [2.05, 4.69) is 28.1 Å². The van der Waals surface area contributed by atoms with E-state index in [4.69, 9.17) is 4.74 Å². The molecule has 2 heterocycles. The van der Waals surface area contributed by atoms with Crippen LogP contribution < -0.4 is 4.74 Å². The molecule has 26 heavy (non-hydrogen) atoms. The fourth-order valence-electron chi connectivity index (χ4n) is 2.95. The van der Waals surface area contributed by atoms with Crippen LogP contribution in [0.2, 0.25) is 0 Å². The highest BCUT2D eigenvalue weighted by atomic mass is 79.9. The monoisotopic (exact) mass is 446 g/mol. The summed E-state index contributed by atoms with van der Waals surface area (Å²) in [5.74, 6) is 1.62. The summed E-state index contributed by atoms with van der Waals surface area (Å²) in [6.07, 6.45) is 1.98. The van der Waals surface area contributed by atoms with Crippen LogP contribution >= 0.6 is 27.3 Å². The standard InChI is InChI=1S/C20H15BrO3S2/c1-26(22,23)15-8-6-13(7-9-15)20-16(18-10-11-19(21)25-18)12-14-4-2-3-5-17(14)24-20/h2-11H,12H2,1H3. The van der Waals surface area contributed by atoms with Crippen LogP contribution in [0, 0.1) is 0 Å². The van der Waals surface area contributed by atoms with Gasteiger partial charge in [0.1, 0.15) is 11.5 Å². The lowest BCUT2D eigenvalue weighted by Gasteiger charge is -2.23. The number of rotatable bonds is 3. The Hall–Kier alpha value is -1.89. The predicted molar refractivity (Wildman–Crippen MR) is 109 cm³/mol. The lowest BCUT2D eigenvalue weighted by Crippen LogP contribution is -2.09. The molecular formula is C20H15BrO3S2. The van der Waals surface area contributed by atoms with E-state index in [1.807, 2.05) is 36.4 Å². The number of allylic oxidation sites excluding steroid dienone is 1. The van der Waals surface area contributed by atoms with Gasteiger partial charge in [-0.1, -0.05) is 18.2 Å². The molecule has 0 radical (unpaired) electrons. The zero-order chi connectivity index (χ0) is 18.3. The minimum Gasteiger partial charge on any atom is -0.456 e. The normalized spacial score (nSPS) is 14.1. The number of halogens is 1. The second kappa shape index (κ2) is 6.68. The van der Waals surface area contributed by atoms with Crippen LogP contribution in [-0.2, 0) is 16.3 Å². The van der Waals surface area contributed by atoms with Gasteiger partial charge < -0.3 is 4.74 Å². The van der Waals surface area contributed by atoms with E-state index >= 15 is 0 Å². The van der Waals surface area contributed by atoms with Crippen molar-refractivity contribution in [1.29, 1.82) is 0 Å². The predicted octanol–water partition coefficient (Wildman–Crippen LogP) is 5.42. The summed E-state index contributed by atoms with van der Waals surface area (Å²) < 4.78 is 30.8. The Balaban J connectivity index is 1.85. The van der Waals surface area contributed by atoms with Crippen molar-refractivity contribution in [2.75, 3.05) is 6.26 Å². The number of sulfone groups is 1. The highest BCUT2D eigenvalue weighted by Crippen LogP contribution is 2.41. The fraction of sp³-hybridized carbons (Fsp3) is 0.100. The Bertz CT molecular complexity index is 1110. The molecule has 1 aliphatic rings. The Morgan fingerprint density at radius 2 is 1.73 bits per heavy atom. The topological polar surface area (TPSA) is 43.4 Å². The molecule has 0 aliphatic carbocycles. The Labute approximate surface area is 165 Å². The molecule has 0 atom stereocenters. The molecule has 2 aromatic carbocycles. The van der Waals surface area contributed by atoms with Gasteiger partial charge in [-0.15, -0.1) is 11.3 Å². The van der Waals surface area contributed by atoms with Crippen molar-refractivity contribution >= 4 is 48.4 Å². The third kappa shape index (κ3) is 3.37. The molecule has 132 valence electrons. The van der Waals surface area contributed by atoms with Crippen molar-refractivity contribution < 1.29 is 13.2 Å². The number of hydrogen-bond donors (Lipinski definition) is 0. The minimum atomic E-state index is -3.22. The summed E-state index contributed by atoms with van der Waals surface area (Å²) in [6, 6.07) is 19.0. The summed E-state index contributed by atoms with van der Waals surface area (Å²) in [5, 5.41) is 0. The van der Waals surface area contributed by atoms with Crippen LogP contribution in [0.15, 0.2) is 69.3 Å². The van der Waals surface area contributed by atoms with Crippen LogP contribution in [-0.4, -0.2) is 14.7 Å². The van der Waals surface area contributed by atoms with E-state index in [1.54, 1.807) is 23.5 Å². The van der Waals surface area contributed by atoms with Crippen LogP contribution in [0.4, 0.5) is 0 Å². The molecule has 0 saturated heterocycles. The van der Waals surface area contributed by atoms with Gasteiger partial charge in [0, 0.05) is 28.7 Å². The Morgan fingerprint density at radius 1 is 1.00 bits per heavy atom. The summed E-state index contributed by atoms with van der Waals surface area (Å²) in [4.78, 5) is 1.44. The van der Waals surface area contributed by atoms with E-state index in [0.29, 0.717) is 4.90 Å². The smallest absolute Gasteiger partial charge is 0.175 e. The molecule has 0 fully saturated rings. The van der Waals surface area contributed by atoms with Crippen molar-refractivity contribution in [2.24, 2.45) is 0 Å². The molecular weight excluding hydrogens is 432 g/mol. The van der Waals surface area contributed by atoms with Crippen molar-refractivity contribution in [3.8, 4) is 5.75 Å². The molecule has 0 bridgehead atoms. The zero-order valence-electron chi connectivity index (χ0n) is 13.9. The summed E-state index contributed by atoms with van der Waals surface area (Å²) in [6.45, 7) is 0. The van der Waals surface area contributed by atoms with Gasteiger partial charge in [0.05, 0.1) is 8.68 Å². The van der Waals surface area contributed by atoms with Gasteiger partial charge in [0.2, 0.25) is 0 Å². The SMILES string of the molecule is CS(=O)(=O)c1ccc(C2=C(c3ccc(Br)s3)Cc3ccccc3O2)cc1. The lowest BCUT2D eigenvalue weighted by atomic mass is 9.96. The Kier molecular flexibility index (Phi) is 4.50. The van der Waals surface area contributed by atoms with Crippen LogP contribution in [0.1, 0.15) is 16.0 Å². The molecule has 1 aliphatic heterocycles. The quantitative estimate of drug-likeness (QED) is 0.539. The third-order valence-corrected chi connectivity index (χ3v) is 7.05. The molecule has 3 nitrogen and oxygen atoms in total. The first-order valence-electron chi connectivity index (χ1n) is 7.97. The first kappa shape index (κ1) is 17.5. The van der Waals surface area contributed by atoms with Gasteiger partial charge in [0.25, 0.3) is 0 Å². The van der Waals surface area contributed by atoms with E-state index < -0.39 is 9.84 Å². The van der Waals surface area contributed by atoms with Gasteiger partial charge in [-0.25, -0.2) is 8.42 Å². The van der Waals surface area contributed by atoms with Gasteiger partial charge >= 0.3 is 0 Å². The van der Waals surface area contributed by atoms with Gasteiger partial charge in [-0.3, -0.25) is 0 Å². The largest absolute Gasteiger partial charge is 0.456 e. The number of benzene rings is 2. The molecule has 4 rings (SSSR count). The molecule has 1 aromatic heterocycles. The number of hydrogen-bond acceptors (Lipinski definition) is 4. The maximum Gasteiger partial charge on any atom is 0.175 e. The molecule has 0 unspecified atom stereocenters. The molecule has 0 saturated carbocycles. The minimum absolute atomic E-state index is 0.304. The first-order chi connectivity index (χ1) is 12.4. The first-order valence-corrected chi connectivity index (χ1v) is 11.5. The van der Waals surface area contributed by atoms with E-state index in [-0.39, 0.29) is 0 Å². The van der Waals surface area contributed by atoms with Crippen molar-refractivity contribution in [3.05, 3.63) is 80.5 Å². The number of thiophene rings is 1. The average Bonchev–Trinajstić information content (AvgIpc) is 3.06. The average molecular weight is 447 g/mol. The third-order valence-electron chi connectivity index (χ3n) is 4.24. The van der Waals surface area contributed by atoms with Crippen molar-refractivity contribution in [3.63, 3.8) is 0 Å². The van der Waals surface area contributed by atoms with E-state index in [0.717, 1.165) is 43.3 Å².